The van der Waals surface area contributed by atoms with E-state index in [9.17, 15) is 14.4 Å². The molecule has 0 saturated carbocycles. The Kier molecular flexibility index (Phi) is 14.3. The fraction of sp³-hybridized carbons (Fsp3) is 0.489. The van der Waals surface area contributed by atoms with Crippen molar-refractivity contribution in [3.05, 3.63) is 101 Å². The number of anilines is 2. The molecule has 4 aromatic heterocycles. The molecule has 8 rings (SSSR count). The first kappa shape index (κ1) is 49.3. The highest BCUT2D eigenvalue weighted by atomic mass is 32.2. The third-order valence-corrected chi connectivity index (χ3v) is 23.5. The molecule has 6 aromatic rings. The number of rotatable bonds is 16. The second-order valence-corrected chi connectivity index (χ2v) is 30.9. The van der Waals surface area contributed by atoms with Crippen LogP contribution in [0.5, 0.6) is 0 Å². The number of hydrogen-bond acceptors (Lipinski definition) is 14. The number of nitrogens with zero attached hydrogens (tertiary/aromatic N) is 7. The van der Waals surface area contributed by atoms with Gasteiger partial charge < -0.3 is 28.4 Å². The Morgan fingerprint density at radius 1 is 0.750 bits per heavy atom. The molecule has 2 fully saturated rings. The van der Waals surface area contributed by atoms with Crippen LogP contribution in [-0.2, 0) is 23.1 Å². The minimum Gasteiger partial charge on any atom is -0.414 e. The number of hydrogen-bond donors (Lipinski definition) is 3. The molecule has 2 saturated heterocycles. The predicted octanol–water partition coefficient (Wildman–Crippen LogP) is 8.53. The molecule has 2 amide bonds. The molecule has 0 aliphatic carbocycles. The minimum atomic E-state index is -2.27. The van der Waals surface area contributed by atoms with Crippen LogP contribution in [0.25, 0.3) is 22.3 Å². The molecule has 2 aliphatic heterocycles. The second kappa shape index (κ2) is 19.7. The Morgan fingerprint density at radius 3 is 1.96 bits per heavy atom. The Hall–Kier alpha value is -5.14. The highest BCUT2D eigenvalue weighted by Gasteiger charge is 2.46. The number of nitrogens with one attached hydrogen (secondary N) is 3. The fourth-order valence-corrected chi connectivity index (χ4v) is 10.9. The number of benzene rings is 2. The summed E-state index contributed by atoms with van der Waals surface area (Å²) in [4.78, 5) is 64.5. The van der Waals surface area contributed by atoms with Crippen LogP contribution in [0, 0.1) is 0 Å². The molecule has 2 aliphatic rings. The van der Waals surface area contributed by atoms with Crippen molar-refractivity contribution in [2.24, 2.45) is 0 Å². The summed E-state index contributed by atoms with van der Waals surface area (Å²) in [5.74, 6) is 0.498. The number of carbonyl (C=O) groups excluding carboxylic acids is 2. The van der Waals surface area contributed by atoms with Crippen molar-refractivity contribution in [1.29, 1.82) is 0 Å². The molecular weight excluding hydrogens is 921 g/mol. The number of fused-ring (bicyclic) bond motifs is 2. The van der Waals surface area contributed by atoms with Gasteiger partial charge in [0.05, 0.1) is 43.5 Å². The van der Waals surface area contributed by atoms with Crippen molar-refractivity contribution in [2.75, 3.05) is 28.9 Å². The van der Waals surface area contributed by atoms with E-state index in [1.165, 1.54) is 6.33 Å². The standard InChI is InChI=1S/C47H62N10O8SSi2/c1-46(2,3)67(7,8)62-23-33-31(21-35(63-33)56-26-50-37-39(48-25-49-40(37)56)52-42(58)29-17-13-11-14-18-29)61-28-66-24-34-32(65-68(9,10)47(4,5)6)22-36(64-34)57-27-51-38-41(57)53-45(55-44(38)60)54-43(59)30-19-15-12-16-20-30/h11-20,25-27,31-36H,21-24,28H2,1-10H3,(H,48,49,52,58)(H2,53,54,55,59,60)/t31-,32-,33+,34+,35+,36+/m0/s1. The van der Waals surface area contributed by atoms with Gasteiger partial charge in [0.1, 0.15) is 24.9 Å². The summed E-state index contributed by atoms with van der Waals surface area (Å²) >= 11 is 1.60. The monoisotopic (exact) mass is 982 g/mol. The van der Waals surface area contributed by atoms with Crippen molar-refractivity contribution in [1.82, 2.24) is 39.0 Å². The van der Waals surface area contributed by atoms with Gasteiger partial charge in [0.25, 0.3) is 17.4 Å². The molecule has 0 radical (unpaired) electrons. The molecule has 362 valence electrons. The van der Waals surface area contributed by atoms with Gasteiger partial charge in [-0.15, -0.1) is 11.8 Å². The van der Waals surface area contributed by atoms with E-state index in [4.69, 9.17) is 23.1 Å². The third kappa shape index (κ3) is 10.7. The highest BCUT2D eigenvalue weighted by molar-refractivity contribution is 7.99. The molecule has 6 heterocycles. The number of aromatic amines is 1. The summed E-state index contributed by atoms with van der Waals surface area (Å²) in [6, 6.07) is 17.6. The quantitative estimate of drug-likeness (QED) is 0.0472. The molecule has 21 heteroatoms. The zero-order chi connectivity index (χ0) is 48.6. The molecule has 2 aromatic carbocycles. The van der Waals surface area contributed by atoms with E-state index in [0.717, 1.165) is 0 Å². The molecule has 0 spiro atoms. The van der Waals surface area contributed by atoms with E-state index in [2.05, 4.69) is 108 Å². The van der Waals surface area contributed by atoms with Crippen molar-refractivity contribution in [3.63, 3.8) is 0 Å². The number of ether oxygens (including phenoxy) is 3. The molecule has 6 atom stereocenters. The minimum absolute atomic E-state index is 0.00663. The number of aromatic nitrogens is 8. The van der Waals surface area contributed by atoms with Crippen molar-refractivity contribution in [3.8, 4) is 0 Å². The molecule has 18 nitrogen and oxygen atoms in total. The van der Waals surface area contributed by atoms with Gasteiger partial charge in [0.2, 0.25) is 5.95 Å². The first-order valence-corrected chi connectivity index (χ1v) is 29.9. The first-order chi connectivity index (χ1) is 32.2. The van der Waals surface area contributed by atoms with E-state index in [0.29, 0.717) is 59.2 Å². The Morgan fingerprint density at radius 2 is 1.32 bits per heavy atom. The van der Waals surface area contributed by atoms with E-state index in [1.54, 1.807) is 77.5 Å². The lowest BCUT2D eigenvalue weighted by molar-refractivity contribution is -0.0508. The lowest BCUT2D eigenvalue weighted by Crippen LogP contribution is -2.46. The number of amides is 2. The van der Waals surface area contributed by atoms with Crippen molar-refractivity contribution >= 4 is 74.3 Å². The van der Waals surface area contributed by atoms with Crippen LogP contribution in [0.4, 0.5) is 11.8 Å². The number of H-pyrrole nitrogens is 1. The molecule has 0 unspecified atom stereocenters. The van der Waals surface area contributed by atoms with Crippen LogP contribution >= 0.6 is 11.8 Å². The predicted molar refractivity (Wildman–Crippen MR) is 267 cm³/mol. The van der Waals surface area contributed by atoms with Crippen LogP contribution in [0.3, 0.4) is 0 Å². The lowest BCUT2D eigenvalue weighted by Gasteiger charge is -2.39. The van der Waals surface area contributed by atoms with Gasteiger partial charge >= 0.3 is 0 Å². The summed E-state index contributed by atoms with van der Waals surface area (Å²) < 4.78 is 37.6. The summed E-state index contributed by atoms with van der Waals surface area (Å²) in [6.45, 7) is 22.5. The van der Waals surface area contributed by atoms with E-state index in [1.807, 2.05) is 16.7 Å². The Balaban J connectivity index is 0.980. The van der Waals surface area contributed by atoms with E-state index in [-0.39, 0.29) is 57.5 Å². The normalized spacial score (nSPS) is 21.4. The van der Waals surface area contributed by atoms with Crippen LogP contribution in [0.15, 0.2) is 84.4 Å². The lowest BCUT2D eigenvalue weighted by atomic mass is 10.2. The average molecular weight is 983 g/mol. The number of carbonyl (C=O) groups is 2. The van der Waals surface area contributed by atoms with Crippen molar-refractivity contribution < 1.29 is 32.7 Å². The zero-order valence-corrected chi connectivity index (χ0v) is 43.1. The molecule has 0 bridgehead atoms. The summed E-state index contributed by atoms with van der Waals surface area (Å²) in [5.41, 5.74) is 1.84. The van der Waals surface area contributed by atoms with Gasteiger partial charge in [0, 0.05) is 29.7 Å². The van der Waals surface area contributed by atoms with Crippen LogP contribution < -0.4 is 16.2 Å². The van der Waals surface area contributed by atoms with Gasteiger partial charge in [-0.2, -0.15) is 4.98 Å². The van der Waals surface area contributed by atoms with Crippen LogP contribution in [0.2, 0.25) is 36.3 Å². The fourth-order valence-electron chi connectivity index (χ4n) is 7.59. The maximum Gasteiger partial charge on any atom is 0.280 e. The van der Waals surface area contributed by atoms with Gasteiger partial charge in [-0.1, -0.05) is 77.9 Å². The topological polar surface area (TPSA) is 212 Å². The van der Waals surface area contributed by atoms with Gasteiger partial charge in [-0.05, 0) is 60.5 Å². The Bertz CT molecular complexity index is 2790. The van der Waals surface area contributed by atoms with Gasteiger partial charge in [-0.3, -0.25) is 33.8 Å². The Labute approximate surface area is 402 Å². The van der Waals surface area contributed by atoms with Crippen molar-refractivity contribution in [2.45, 2.75) is 128 Å². The van der Waals surface area contributed by atoms with Crippen LogP contribution in [-0.4, -0.2) is 110 Å². The number of thioether (sulfide) groups is 1. The van der Waals surface area contributed by atoms with Crippen LogP contribution in [0.1, 0.15) is 87.6 Å². The van der Waals surface area contributed by atoms with E-state index >= 15 is 0 Å². The zero-order valence-electron chi connectivity index (χ0n) is 40.3. The largest absolute Gasteiger partial charge is 0.414 e. The molecular formula is C47H62N10O8SSi2. The molecule has 68 heavy (non-hydrogen) atoms. The summed E-state index contributed by atoms with van der Waals surface area (Å²) in [6.07, 6.45) is 3.28. The summed E-state index contributed by atoms with van der Waals surface area (Å²) in [5, 5.41) is 5.54. The SMILES string of the molecule is CC(C)(C)[Si](C)(C)OC[C@H]1O[C@@H](n2cnc3c(NC(=O)c4ccccc4)ncnc32)C[C@@H]1OCSC[C@H]1O[C@@H](n2cnc3c(=O)[nH]c(NC(=O)c4ccccc4)nc32)C[C@@H]1O[Si](C)(C)C(C)(C)C. The third-order valence-electron chi connectivity index (χ3n) is 13.6. The maximum absolute atomic E-state index is 13.2. The second-order valence-electron chi connectivity index (χ2n) is 20.3. The van der Waals surface area contributed by atoms with Gasteiger partial charge in [-0.25, -0.2) is 19.9 Å². The van der Waals surface area contributed by atoms with Gasteiger partial charge in [0.15, 0.2) is 44.8 Å². The average Bonchev–Trinajstić information content (AvgIpc) is 4.10. The molecule has 3 N–H and O–H groups in total. The highest BCUT2D eigenvalue weighted by Crippen LogP contribution is 2.43. The smallest absolute Gasteiger partial charge is 0.280 e. The van der Waals surface area contributed by atoms with E-state index < -0.39 is 40.6 Å². The maximum atomic E-state index is 13.2. The first-order valence-electron chi connectivity index (χ1n) is 22.9. The summed E-state index contributed by atoms with van der Waals surface area (Å²) in [7, 11) is -4.43. The number of imidazole rings is 2.